The molecular formula is C6H7ClO2. The Hall–Kier alpha value is -0.500. The van der Waals surface area contributed by atoms with E-state index in [1.54, 1.807) is 6.08 Å². The second-order valence-corrected chi connectivity index (χ2v) is 2.53. The van der Waals surface area contributed by atoms with Crippen molar-refractivity contribution >= 4 is 17.6 Å². The third kappa shape index (κ3) is 1.24. The van der Waals surface area contributed by atoms with Crippen LogP contribution in [0.3, 0.4) is 0 Å². The highest BCUT2D eigenvalue weighted by Gasteiger charge is 2.30. The first-order chi connectivity index (χ1) is 4.16. The van der Waals surface area contributed by atoms with Crippen LogP contribution >= 0.6 is 11.6 Å². The van der Waals surface area contributed by atoms with E-state index in [0.29, 0.717) is 6.42 Å². The van der Waals surface area contributed by atoms with Crippen LogP contribution in [0.1, 0.15) is 13.3 Å². The molecule has 3 heteroatoms. The lowest BCUT2D eigenvalue weighted by atomic mass is 10.3. The van der Waals surface area contributed by atoms with Crippen LogP contribution in [0.25, 0.3) is 0 Å². The van der Waals surface area contributed by atoms with Crippen LogP contribution in [0.5, 0.6) is 0 Å². The summed E-state index contributed by atoms with van der Waals surface area (Å²) in [6, 6.07) is 0. The maximum Gasteiger partial charge on any atom is 0.332 e. The van der Waals surface area contributed by atoms with Gasteiger partial charge < -0.3 is 4.74 Å². The van der Waals surface area contributed by atoms with Gasteiger partial charge in [0.15, 0.2) is 0 Å². The molecule has 1 aliphatic rings. The number of carbonyl (C=O) groups excluding carboxylic acids is 1. The predicted octanol–water partition coefficient (Wildman–Crippen LogP) is 1.44. The molecule has 0 amide bonds. The number of halogens is 1. The third-order valence-electron chi connectivity index (χ3n) is 1.22. The summed E-state index contributed by atoms with van der Waals surface area (Å²) >= 11 is 5.72. The summed E-state index contributed by atoms with van der Waals surface area (Å²) in [5.74, 6) is -0.355. The second-order valence-electron chi connectivity index (χ2n) is 1.89. The Labute approximate surface area is 58.4 Å². The molecule has 1 heterocycles. The molecule has 0 aromatic carbocycles. The number of alkyl halides is 1. The molecule has 0 N–H and O–H groups in total. The van der Waals surface area contributed by atoms with Gasteiger partial charge in [0.2, 0.25) is 5.06 Å². The van der Waals surface area contributed by atoms with Crippen molar-refractivity contribution in [3.8, 4) is 0 Å². The molecule has 0 bridgehead atoms. The molecule has 0 aromatic heterocycles. The van der Waals surface area contributed by atoms with E-state index < -0.39 is 5.06 Å². The third-order valence-corrected chi connectivity index (χ3v) is 1.69. The molecule has 0 aliphatic carbocycles. The van der Waals surface area contributed by atoms with Gasteiger partial charge in [0.1, 0.15) is 0 Å². The summed E-state index contributed by atoms with van der Waals surface area (Å²) in [6.07, 6.45) is 3.52. The van der Waals surface area contributed by atoms with Gasteiger partial charge in [0.25, 0.3) is 0 Å². The molecule has 1 atom stereocenters. The zero-order valence-corrected chi connectivity index (χ0v) is 5.81. The number of carbonyl (C=O) groups is 1. The number of hydrogen-bond acceptors (Lipinski definition) is 2. The van der Waals surface area contributed by atoms with Crippen molar-refractivity contribution in [1.29, 1.82) is 0 Å². The van der Waals surface area contributed by atoms with Crippen LogP contribution in [0.4, 0.5) is 0 Å². The standard InChI is InChI=1S/C6H7ClO2/c1-2-6(7)4-3-5(8)9-6/h3-4H,2H2,1H3. The second kappa shape index (κ2) is 2.03. The number of esters is 1. The molecule has 9 heavy (non-hydrogen) atoms. The first kappa shape index (κ1) is 6.62. The van der Waals surface area contributed by atoms with Gasteiger partial charge in [-0.05, 0) is 6.08 Å². The summed E-state index contributed by atoms with van der Waals surface area (Å²) in [7, 11) is 0. The molecule has 50 valence electrons. The van der Waals surface area contributed by atoms with Crippen LogP contribution in [-0.2, 0) is 9.53 Å². The van der Waals surface area contributed by atoms with E-state index in [2.05, 4.69) is 0 Å². The van der Waals surface area contributed by atoms with Gasteiger partial charge in [0.05, 0.1) is 0 Å². The molecule has 0 saturated heterocycles. The predicted molar refractivity (Wildman–Crippen MR) is 34.1 cm³/mol. The van der Waals surface area contributed by atoms with Gasteiger partial charge in [-0.2, -0.15) is 0 Å². The van der Waals surface area contributed by atoms with Crippen molar-refractivity contribution < 1.29 is 9.53 Å². The van der Waals surface area contributed by atoms with Crippen LogP contribution in [0, 0.1) is 0 Å². The van der Waals surface area contributed by atoms with Crippen LogP contribution in [-0.4, -0.2) is 11.0 Å². The zero-order valence-electron chi connectivity index (χ0n) is 5.06. The maximum atomic E-state index is 10.4. The fourth-order valence-corrected chi connectivity index (χ4v) is 0.757. The highest BCUT2D eigenvalue weighted by molar-refractivity contribution is 6.25. The largest absolute Gasteiger partial charge is 0.436 e. The summed E-state index contributed by atoms with van der Waals surface area (Å²) in [4.78, 5) is 10.4. The first-order valence-corrected chi connectivity index (χ1v) is 3.15. The number of rotatable bonds is 1. The van der Waals surface area contributed by atoms with Crippen LogP contribution in [0.2, 0.25) is 0 Å². The van der Waals surface area contributed by atoms with E-state index in [9.17, 15) is 4.79 Å². The van der Waals surface area contributed by atoms with Crippen molar-refractivity contribution in [3.63, 3.8) is 0 Å². The van der Waals surface area contributed by atoms with Crippen molar-refractivity contribution in [3.05, 3.63) is 12.2 Å². The lowest BCUT2D eigenvalue weighted by molar-refractivity contribution is -0.140. The number of cyclic esters (lactones) is 1. The molecule has 0 fully saturated rings. The molecule has 1 rings (SSSR count). The van der Waals surface area contributed by atoms with Crippen molar-refractivity contribution in [2.24, 2.45) is 0 Å². The minimum Gasteiger partial charge on any atom is -0.436 e. The molecule has 0 aromatic rings. The van der Waals surface area contributed by atoms with E-state index in [0.717, 1.165) is 0 Å². The Kier molecular flexibility index (Phi) is 1.49. The minimum atomic E-state index is -0.850. The zero-order chi connectivity index (χ0) is 6.91. The van der Waals surface area contributed by atoms with Gasteiger partial charge in [-0.3, -0.25) is 0 Å². The summed E-state index contributed by atoms with van der Waals surface area (Å²) in [5.41, 5.74) is 0. The Balaban J connectivity index is 2.68. The molecule has 2 nitrogen and oxygen atoms in total. The molecular weight excluding hydrogens is 140 g/mol. The Morgan fingerprint density at radius 3 is 2.78 bits per heavy atom. The van der Waals surface area contributed by atoms with Crippen molar-refractivity contribution in [2.45, 2.75) is 18.4 Å². The van der Waals surface area contributed by atoms with Crippen LogP contribution < -0.4 is 0 Å². The Bertz CT molecular complexity index is 164. The molecule has 0 spiro atoms. The molecule has 0 saturated carbocycles. The van der Waals surface area contributed by atoms with Gasteiger partial charge in [0, 0.05) is 12.5 Å². The van der Waals surface area contributed by atoms with E-state index in [1.807, 2.05) is 6.92 Å². The molecule has 1 unspecified atom stereocenters. The topological polar surface area (TPSA) is 26.3 Å². The molecule has 0 radical (unpaired) electrons. The maximum absolute atomic E-state index is 10.4. The smallest absolute Gasteiger partial charge is 0.332 e. The lowest BCUT2D eigenvalue weighted by Gasteiger charge is -2.14. The minimum absolute atomic E-state index is 0.355. The average molecular weight is 147 g/mol. The quantitative estimate of drug-likeness (QED) is 0.414. The van der Waals surface area contributed by atoms with Crippen molar-refractivity contribution in [1.82, 2.24) is 0 Å². The Morgan fingerprint density at radius 2 is 2.56 bits per heavy atom. The fourth-order valence-electron chi connectivity index (χ4n) is 0.618. The fraction of sp³-hybridized carbons (Fsp3) is 0.500. The SMILES string of the molecule is CCC1(Cl)C=CC(=O)O1. The van der Waals surface area contributed by atoms with Gasteiger partial charge in [-0.1, -0.05) is 18.5 Å². The highest BCUT2D eigenvalue weighted by atomic mass is 35.5. The first-order valence-electron chi connectivity index (χ1n) is 2.77. The molecule has 1 aliphatic heterocycles. The lowest BCUT2D eigenvalue weighted by Crippen LogP contribution is -2.18. The van der Waals surface area contributed by atoms with Gasteiger partial charge in [-0.25, -0.2) is 4.79 Å². The number of hydrogen-bond donors (Lipinski definition) is 0. The van der Waals surface area contributed by atoms with Gasteiger partial charge in [-0.15, -0.1) is 0 Å². The highest BCUT2D eigenvalue weighted by Crippen LogP contribution is 2.27. The van der Waals surface area contributed by atoms with Crippen molar-refractivity contribution in [2.75, 3.05) is 0 Å². The van der Waals surface area contributed by atoms with E-state index in [1.165, 1.54) is 6.08 Å². The summed E-state index contributed by atoms with van der Waals surface area (Å²) in [5, 5.41) is -0.850. The monoisotopic (exact) mass is 146 g/mol. The van der Waals surface area contributed by atoms with E-state index >= 15 is 0 Å². The average Bonchev–Trinajstić information content (AvgIpc) is 2.13. The van der Waals surface area contributed by atoms with E-state index in [-0.39, 0.29) is 5.97 Å². The summed E-state index contributed by atoms with van der Waals surface area (Å²) < 4.78 is 4.71. The Morgan fingerprint density at radius 1 is 1.89 bits per heavy atom. The van der Waals surface area contributed by atoms with Gasteiger partial charge >= 0.3 is 5.97 Å². The summed E-state index contributed by atoms with van der Waals surface area (Å²) in [6.45, 7) is 1.86. The number of ether oxygens (including phenoxy) is 1. The normalized spacial score (nSPS) is 32.9. The van der Waals surface area contributed by atoms with E-state index in [4.69, 9.17) is 16.3 Å². The van der Waals surface area contributed by atoms with Crippen LogP contribution in [0.15, 0.2) is 12.2 Å².